The molecule has 0 spiro atoms. The van der Waals surface area contributed by atoms with E-state index >= 15 is 0 Å². The molecule has 1 N–H and O–H groups in total. The second kappa shape index (κ2) is 7.56. The number of carbonyl (C=O) groups is 1. The summed E-state index contributed by atoms with van der Waals surface area (Å²) in [5.41, 5.74) is 5.51. The highest BCUT2D eigenvalue weighted by Crippen LogP contribution is 2.41. The van der Waals surface area contributed by atoms with E-state index in [4.69, 9.17) is 0 Å². The van der Waals surface area contributed by atoms with Gasteiger partial charge in [-0.3, -0.25) is 4.79 Å². The molecule has 0 saturated heterocycles. The summed E-state index contributed by atoms with van der Waals surface area (Å²) in [5, 5.41) is 3.89. The van der Waals surface area contributed by atoms with Crippen molar-refractivity contribution in [2.75, 3.05) is 5.75 Å². The van der Waals surface area contributed by atoms with E-state index in [0.29, 0.717) is 16.8 Å². The number of rotatable bonds is 6. The third kappa shape index (κ3) is 4.60. The predicted molar refractivity (Wildman–Crippen MR) is 102 cm³/mol. The second-order valence-corrected chi connectivity index (χ2v) is 7.83. The highest BCUT2D eigenvalue weighted by Gasteiger charge is 2.33. The normalized spacial score (nSPS) is 15.0. The van der Waals surface area contributed by atoms with Crippen LogP contribution in [0.3, 0.4) is 0 Å². The van der Waals surface area contributed by atoms with Crippen LogP contribution in [0.5, 0.6) is 0 Å². The predicted octanol–water partition coefficient (Wildman–Crippen LogP) is 4.07. The molecule has 0 radical (unpaired) electrons. The first-order chi connectivity index (χ1) is 11.9. The molecule has 1 amide bonds. The molecule has 25 heavy (non-hydrogen) atoms. The Labute approximate surface area is 153 Å². The molecule has 1 atom stereocenters. The molecule has 4 nitrogen and oxygen atoms in total. The zero-order valence-corrected chi connectivity index (χ0v) is 16.1. The molecule has 1 aromatic heterocycles. The van der Waals surface area contributed by atoms with Crippen molar-refractivity contribution in [2.24, 2.45) is 5.92 Å². The molecule has 0 bridgehead atoms. The third-order valence-corrected chi connectivity index (χ3v) is 5.64. The molecule has 1 saturated carbocycles. The van der Waals surface area contributed by atoms with Gasteiger partial charge in [0, 0.05) is 11.4 Å². The van der Waals surface area contributed by atoms with Crippen molar-refractivity contribution in [3.63, 3.8) is 0 Å². The van der Waals surface area contributed by atoms with Crippen LogP contribution in [-0.2, 0) is 4.79 Å². The quantitative estimate of drug-likeness (QED) is 0.627. The Balaban J connectivity index is 1.62. The standard InChI is InChI=1S/C20H25N3OS/c1-12-5-7-16(8-6-12)19(17-9-10-17)23-18(24)11-25-20-21-14(3)13(2)15(4)22-20/h5-8,17,19H,9-11H2,1-4H3,(H,23,24). The molecule has 1 unspecified atom stereocenters. The molecule has 3 rings (SSSR count). The summed E-state index contributed by atoms with van der Waals surface area (Å²) in [4.78, 5) is 21.4. The summed E-state index contributed by atoms with van der Waals surface area (Å²) in [7, 11) is 0. The number of amides is 1. The van der Waals surface area contributed by atoms with E-state index in [1.54, 1.807) is 0 Å². The zero-order chi connectivity index (χ0) is 18.0. The number of hydrogen-bond acceptors (Lipinski definition) is 4. The number of aryl methyl sites for hydroxylation is 3. The summed E-state index contributed by atoms with van der Waals surface area (Å²) in [6.45, 7) is 8.06. The van der Waals surface area contributed by atoms with E-state index in [1.165, 1.54) is 35.7 Å². The van der Waals surface area contributed by atoms with Crippen LogP contribution in [0.1, 0.15) is 47.0 Å². The van der Waals surface area contributed by atoms with Gasteiger partial charge in [-0.15, -0.1) is 0 Å². The molecular weight excluding hydrogens is 330 g/mol. The molecule has 2 aromatic rings. The second-order valence-electron chi connectivity index (χ2n) is 6.88. The van der Waals surface area contributed by atoms with Crippen LogP contribution >= 0.6 is 11.8 Å². The van der Waals surface area contributed by atoms with Gasteiger partial charge in [0.15, 0.2) is 5.16 Å². The summed E-state index contributed by atoms with van der Waals surface area (Å²) in [5.74, 6) is 0.954. The van der Waals surface area contributed by atoms with Gasteiger partial charge in [-0.2, -0.15) is 0 Å². The van der Waals surface area contributed by atoms with Crippen molar-refractivity contribution >= 4 is 17.7 Å². The van der Waals surface area contributed by atoms with E-state index in [9.17, 15) is 4.79 Å². The minimum Gasteiger partial charge on any atom is -0.348 e. The number of carbonyl (C=O) groups excluding carboxylic acids is 1. The van der Waals surface area contributed by atoms with Crippen LogP contribution in [0.25, 0.3) is 0 Å². The maximum atomic E-state index is 12.4. The van der Waals surface area contributed by atoms with E-state index < -0.39 is 0 Å². The molecule has 1 heterocycles. The van der Waals surface area contributed by atoms with Gasteiger partial charge in [0.05, 0.1) is 11.8 Å². The number of hydrogen-bond donors (Lipinski definition) is 1. The Morgan fingerprint density at radius 2 is 1.72 bits per heavy atom. The molecule has 1 aliphatic carbocycles. The lowest BCUT2D eigenvalue weighted by molar-refractivity contribution is -0.119. The minimum absolute atomic E-state index is 0.0435. The summed E-state index contributed by atoms with van der Waals surface area (Å²) in [6, 6.07) is 8.59. The van der Waals surface area contributed by atoms with Gasteiger partial charge in [0.1, 0.15) is 0 Å². The Hall–Kier alpha value is -1.88. The molecule has 0 aliphatic heterocycles. The Kier molecular flexibility index (Phi) is 5.42. The van der Waals surface area contributed by atoms with Gasteiger partial charge in [-0.1, -0.05) is 41.6 Å². The number of thioether (sulfide) groups is 1. The summed E-state index contributed by atoms with van der Waals surface area (Å²) < 4.78 is 0. The Morgan fingerprint density at radius 3 is 2.28 bits per heavy atom. The number of aromatic nitrogens is 2. The third-order valence-electron chi connectivity index (χ3n) is 4.79. The van der Waals surface area contributed by atoms with Crippen molar-refractivity contribution < 1.29 is 4.79 Å². The van der Waals surface area contributed by atoms with Gasteiger partial charge in [0.25, 0.3) is 0 Å². The number of nitrogens with one attached hydrogen (secondary N) is 1. The Bertz CT molecular complexity index is 746. The van der Waals surface area contributed by atoms with E-state index in [1.807, 2.05) is 20.8 Å². The maximum Gasteiger partial charge on any atom is 0.230 e. The minimum atomic E-state index is 0.0435. The fourth-order valence-electron chi connectivity index (χ4n) is 2.83. The van der Waals surface area contributed by atoms with Crippen LogP contribution in [0.4, 0.5) is 0 Å². The van der Waals surface area contributed by atoms with Crippen LogP contribution in [-0.4, -0.2) is 21.6 Å². The number of nitrogens with zero attached hydrogens (tertiary/aromatic N) is 2. The first kappa shape index (κ1) is 17.9. The lowest BCUT2D eigenvalue weighted by Crippen LogP contribution is -2.31. The van der Waals surface area contributed by atoms with Gasteiger partial charge in [-0.25, -0.2) is 9.97 Å². The number of benzene rings is 1. The van der Waals surface area contributed by atoms with Crippen LogP contribution in [0.15, 0.2) is 29.4 Å². The molecule has 132 valence electrons. The highest BCUT2D eigenvalue weighted by molar-refractivity contribution is 7.99. The average molecular weight is 356 g/mol. The zero-order valence-electron chi connectivity index (χ0n) is 15.3. The van der Waals surface area contributed by atoms with Crippen molar-refractivity contribution in [2.45, 2.75) is 51.7 Å². The summed E-state index contributed by atoms with van der Waals surface area (Å²) in [6.07, 6.45) is 2.37. The van der Waals surface area contributed by atoms with Crippen LogP contribution < -0.4 is 5.32 Å². The molecule has 1 aliphatic rings. The Morgan fingerprint density at radius 1 is 1.12 bits per heavy atom. The topological polar surface area (TPSA) is 54.9 Å². The van der Waals surface area contributed by atoms with Gasteiger partial charge >= 0.3 is 0 Å². The first-order valence-corrected chi connectivity index (χ1v) is 9.73. The summed E-state index contributed by atoms with van der Waals surface area (Å²) >= 11 is 1.40. The fourth-order valence-corrected chi connectivity index (χ4v) is 3.57. The van der Waals surface area contributed by atoms with Crippen molar-refractivity contribution in [1.82, 2.24) is 15.3 Å². The van der Waals surface area contributed by atoms with E-state index in [0.717, 1.165) is 17.0 Å². The SMILES string of the molecule is Cc1ccc(C(NC(=O)CSc2nc(C)c(C)c(C)n2)C2CC2)cc1. The molecule has 1 aromatic carbocycles. The largest absolute Gasteiger partial charge is 0.348 e. The fraction of sp³-hybridized carbons (Fsp3) is 0.450. The first-order valence-electron chi connectivity index (χ1n) is 8.74. The molecule has 5 heteroatoms. The lowest BCUT2D eigenvalue weighted by atomic mass is 10.0. The van der Waals surface area contributed by atoms with Gasteiger partial charge < -0.3 is 5.32 Å². The smallest absolute Gasteiger partial charge is 0.230 e. The average Bonchev–Trinajstić information content (AvgIpc) is 3.41. The van der Waals surface area contributed by atoms with E-state index in [-0.39, 0.29) is 11.9 Å². The van der Waals surface area contributed by atoms with Crippen LogP contribution in [0, 0.1) is 33.6 Å². The van der Waals surface area contributed by atoms with Gasteiger partial charge in [-0.05, 0) is 57.6 Å². The van der Waals surface area contributed by atoms with E-state index in [2.05, 4.69) is 46.5 Å². The van der Waals surface area contributed by atoms with Gasteiger partial charge in [0.2, 0.25) is 5.91 Å². The van der Waals surface area contributed by atoms with Crippen molar-refractivity contribution in [3.8, 4) is 0 Å². The maximum absolute atomic E-state index is 12.4. The lowest BCUT2D eigenvalue weighted by Gasteiger charge is -2.19. The van der Waals surface area contributed by atoms with Crippen molar-refractivity contribution in [3.05, 3.63) is 52.3 Å². The molecule has 1 fully saturated rings. The van der Waals surface area contributed by atoms with Crippen molar-refractivity contribution in [1.29, 1.82) is 0 Å². The highest BCUT2D eigenvalue weighted by atomic mass is 32.2. The molecular formula is C20H25N3OS. The monoisotopic (exact) mass is 355 g/mol. The van der Waals surface area contributed by atoms with Crippen LogP contribution in [0.2, 0.25) is 0 Å².